The van der Waals surface area contributed by atoms with E-state index in [-0.39, 0.29) is 6.04 Å². The third kappa shape index (κ3) is 1.62. The smallest absolute Gasteiger partial charge is 0.210 e. The van der Waals surface area contributed by atoms with Crippen LogP contribution in [0.5, 0.6) is 0 Å². The first-order valence-corrected chi connectivity index (χ1v) is 4.96. The van der Waals surface area contributed by atoms with Gasteiger partial charge >= 0.3 is 0 Å². The summed E-state index contributed by atoms with van der Waals surface area (Å²) in [4.78, 5) is 17.1. The Bertz CT molecular complexity index is 338. The molecule has 0 spiro atoms. The molecule has 0 N–H and O–H groups in total. The van der Waals surface area contributed by atoms with Crippen LogP contribution in [0.2, 0.25) is 0 Å². The van der Waals surface area contributed by atoms with Crippen molar-refractivity contribution in [3.8, 4) is 0 Å². The van der Waals surface area contributed by atoms with E-state index in [2.05, 4.69) is 4.98 Å². The van der Waals surface area contributed by atoms with Crippen molar-refractivity contribution in [2.24, 2.45) is 0 Å². The maximum absolute atomic E-state index is 10.8. The number of hydrogen-bond acceptors (Lipinski definition) is 2. The van der Waals surface area contributed by atoms with Crippen molar-refractivity contribution in [2.45, 2.75) is 25.8 Å². The zero-order chi connectivity index (χ0) is 9.97. The van der Waals surface area contributed by atoms with Gasteiger partial charge in [0.25, 0.3) is 0 Å². The Morgan fingerprint density at radius 3 is 3.14 bits per heavy atom. The number of nitrogens with zero attached hydrogens (tertiary/aromatic N) is 2. The highest BCUT2D eigenvalue weighted by atomic mass is 16.1. The third-order valence-electron chi connectivity index (χ3n) is 2.68. The summed E-state index contributed by atoms with van der Waals surface area (Å²) in [5.74, 6) is 0. The van der Waals surface area contributed by atoms with Gasteiger partial charge in [0.2, 0.25) is 6.41 Å². The summed E-state index contributed by atoms with van der Waals surface area (Å²) in [7, 11) is 0. The number of pyridine rings is 1. The standard InChI is InChI=1S/C11H14N2O/c1-9-4-2-5-10(12-9)11-6-3-7-13(11)8-14/h2,4-5,8,11H,3,6-7H2,1H3/t11-/m0/s1. The molecule has 3 nitrogen and oxygen atoms in total. The van der Waals surface area contributed by atoms with Gasteiger partial charge in [-0.3, -0.25) is 9.78 Å². The molecule has 1 saturated heterocycles. The fourth-order valence-electron chi connectivity index (χ4n) is 1.98. The van der Waals surface area contributed by atoms with E-state index in [0.29, 0.717) is 0 Å². The van der Waals surface area contributed by atoms with Crippen molar-refractivity contribution in [1.29, 1.82) is 0 Å². The van der Waals surface area contributed by atoms with Crippen LogP contribution in [0.1, 0.15) is 30.3 Å². The van der Waals surface area contributed by atoms with Crippen molar-refractivity contribution in [1.82, 2.24) is 9.88 Å². The topological polar surface area (TPSA) is 33.2 Å². The number of likely N-dealkylation sites (tertiary alicyclic amines) is 1. The molecular formula is C11H14N2O. The fourth-order valence-corrected chi connectivity index (χ4v) is 1.98. The molecule has 1 aromatic heterocycles. The summed E-state index contributed by atoms with van der Waals surface area (Å²) in [5, 5.41) is 0. The first-order chi connectivity index (χ1) is 6.81. The van der Waals surface area contributed by atoms with Gasteiger partial charge in [0.1, 0.15) is 0 Å². The second-order valence-electron chi connectivity index (χ2n) is 3.71. The van der Waals surface area contributed by atoms with E-state index in [0.717, 1.165) is 37.2 Å². The molecular weight excluding hydrogens is 176 g/mol. The van der Waals surface area contributed by atoms with Crippen LogP contribution in [0.25, 0.3) is 0 Å². The van der Waals surface area contributed by atoms with Gasteiger partial charge in [0, 0.05) is 12.2 Å². The van der Waals surface area contributed by atoms with E-state index < -0.39 is 0 Å². The van der Waals surface area contributed by atoms with Crippen molar-refractivity contribution in [2.75, 3.05) is 6.54 Å². The normalized spacial score (nSPS) is 21.2. The summed E-state index contributed by atoms with van der Waals surface area (Å²) in [6, 6.07) is 6.18. The zero-order valence-electron chi connectivity index (χ0n) is 8.31. The van der Waals surface area contributed by atoms with Crippen LogP contribution in [0, 0.1) is 6.92 Å². The molecule has 0 aliphatic carbocycles. The predicted molar refractivity (Wildman–Crippen MR) is 53.7 cm³/mol. The lowest BCUT2D eigenvalue weighted by Gasteiger charge is -2.19. The van der Waals surface area contributed by atoms with Crippen molar-refractivity contribution >= 4 is 6.41 Å². The Kier molecular flexibility index (Phi) is 2.48. The number of carbonyl (C=O) groups excluding carboxylic acids is 1. The van der Waals surface area contributed by atoms with Gasteiger partial charge in [-0.05, 0) is 31.9 Å². The molecule has 0 saturated carbocycles. The molecule has 0 radical (unpaired) electrons. The Balaban J connectivity index is 2.25. The lowest BCUT2D eigenvalue weighted by atomic mass is 10.1. The van der Waals surface area contributed by atoms with Gasteiger partial charge in [-0.25, -0.2) is 0 Å². The second kappa shape index (κ2) is 3.78. The molecule has 0 unspecified atom stereocenters. The van der Waals surface area contributed by atoms with Gasteiger partial charge in [0.15, 0.2) is 0 Å². The monoisotopic (exact) mass is 190 g/mol. The zero-order valence-corrected chi connectivity index (χ0v) is 8.31. The van der Waals surface area contributed by atoms with Gasteiger partial charge in [0.05, 0.1) is 11.7 Å². The molecule has 1 fully saturated rings. The van der Waals surface area contributed by atoms with E-state index in [1.165, 1.54) is 0 Å². The van der Waals surface area contributed by atoms with E-state index in [1.807, 2.05) is 30.0 Å². The summed E-state index contributed by atoms with van der Waals surface area (Å²) < 4.78 is 0. The minimum Gasteiger partial charge on any atom is -0.337 e. The largest absolute Gasteiger partial charge is 0.337 e. The van der Waals surface area contributed by atoms with E-state index in [4.69, 9.17) is 0 Å². The molecule has 14 heavy (non-hydrogen) atoms. The molecule has 1 aliphatic rings. The molecule has 74 valence electrons. The lowest BCUT2D eigenvalue weighted by Crippen LogP contribution is -2.21. The highest BCUT2D eigenvalue weighted by Crippen LogP contribution is 2.28. The summed E-state index contributed by atoms with van der Waals surface area (Å²) >= 11 is 0. The van der Waals surface area contributed by atoms with E-state index >= 15 is 0 Å². The number of aryl methyl sites for hydroxylation is 1. The Morgan fingerprint density at radius 2 is 2.43 bits per heavy atom. The third-order valence-corrected chi connectivity index (χ3v) is 2.68. The number of hydrogen-bond donors (Lipinski definition) is 0. The van der Waals surface area contributed by atoms with Crippen LogP contribution < -0.4 is 0 Å². The first kappa shape index (κ1) is 9.19. The number of aromatic nitrogens is 1. The van der Waals surface area contributed by atoms with Crippen LogP contribution >= 0.6 is 0 Å². The van der Waals surface area contributed by atoms with Gasteiger partial charge in [-0.2, -0.15) is 0 Å². The Morgan fingerprint density at radius 1 is 1.57 bits per heavy atom. The number of amides is 1. The fraction of sp³-hybridized carbons (Fsp3) is 0.455. The Labute approximate surface area is 83.8 Å². The van der Waals surface area contributed by atoms with Crippen LogP contribution in [0.4, 0.5) is 0 Å². The van der Waals surface area contributed by atoms with E-state index in [9.17, 15) is 4.79 Å². The van der Waals surface area contributed by atoms with E-state index in [1.54, 1.807) is 0 Å². The minimum absolute atomic E-state index is 0.201. The second-order valence-corrected chi connectivity index (χ2v) is 3.71. The highest BCUT2D eigenvalue weighted by Gasteiger charge is 2.25. The van der Waals surface area contributed by atoms with Crippen LogP contribution in [-0.2, 0) is 4.79 Å². The molecule has 0 bridgehead atoms. The lowest BCUT2D eigenvalue weighted by molar-refractivity contribution is -0.119. The number of carbonyl (C=O) groups is 1. The molecule has 1 aliphatic heterocycles. The Hall–Kier alpha value is -1.38. The average Bonchev–Trinajstić information content (AvgIpc) is 2.65. The van der Waals surface area contributed by atoms with Gasteiger partial charge < -0.3 is 4.90 Å². The minimum atomic E-state index is 0.201. The summed E-state index contributed by atoms with van der Waals surface area (Å²) in [5.41, 5.74) is 2.04. The molecule has 2 heterocycles. The van der Waals surface area contributed by atoms with Crippen LogP contribution in [0.3, 0.4) is 0 Å². The molecule has 1 amide bonds. The van der Waals surface area contributed by atoms with Crippen molar-refractivity contribution in [3.63, 3.8) is 0 Å². The molecule has 1 atom stereocenters. The molecule has 1 aromatic rings. The highest BCUT2D eigenvalue weighted by molar-refractivity contribution is 5.49. The molecule has 2 rings (SSSR count). The van der Waals surface area contributed by atoms with Crippen LogP contribution in [-0.4, -0.2) is 22.8 Å². The van der Waals surface area contributed by atoms with Gasteiger partial charge in [-0.1, -0.05) is 6.07 Å². The molecule has 3 heteroatoms. The number of rotatable bonds is 2. The quantitative estimate of drug-likeness (QED) is 0.665. The maximum atomic E-state index is 10.8. The molecule has 0 aromatic carbocycles. The maximum Gasteiger partial charge on any atom is 0.210 e. The van der Waals surface area contributed by atoms with Crippen LogP contribution in [0.15, 0.2) is 18.2 Å². The van der Waals surface area contributed by atoms with Crippen molar-refractivity contribution in [3.05, 3.63) is 29.6 Å². The predicted octanol–water partition coefficient (Wildman–Crippen LogP) is 1.68. The average molecular weight is 190 g/mol. The summed E-state index contributed by atoms with van der Waals surface area (Å²) in [6.45, 7) is 2.84. The van der Waals surface area contributed by atoms with Crippen molar-refractivity contribution < 1.29 is 4.79 Å². The van der Waals surface area contributed by atoms with Gasteiger partial charge in [-0.15, -0.1) is 0 Å². The summed E-state index contributed by atoms with van der Waals surface area (Å²) in [6.07, 6.45) is 3.05. The first-order valence-electron chi connectivity index (χ1n) is 4.96. The SMILES string of the molecule is Cc1cccc([C@@H]2CCCN2C=O)n1.